The summed E-state index contributed by atoms with van der Waals surface area (Å²) in [5, 5.41) is 9.55. The topological polar surface area (TPSA) is 52.7 Å². The van der Waals surface area contributed by atoms with Crippen LogP contribution in [0.15, 0.2) is 0 Å². The third-order valence-corrected chi connectivity index (χ3v) is 4.21. The highest BCUT2D eigenvalue weighted by atomic mass is 16.3. The van der Waals surface area contributed by atoms with Crippen LogP contribution < -0.4 is 5.73 Å². The van der Waals surface area contributed by atoms with Crippen LogP contribution in [-0.2, 0) is 0 Å². The first-order valence-corrected chi connectivity index (χ1v) is 7.14. The number of aliphatic hydroxyl groups excluding tert-OH is 1. The van der Waals surface area contributed by atoms with Gasteiger partial charge in [-0.25, -0.2) is 0 Å². The van der Waals surface area contributed by atoms with Crippen molar-refractivity contribution in [3.8, 4) is 0 Å². The van der Waals surface area contributed by atoms with Crippen LogP contribution in [0.1, 0.15) is 32.1 Å². The van der Waals surface area contributed by atoms with E-state index in [4.69, 9.17) is 5.73 Å². The van der Waals surface area contributed by atoms with E-state index < -0.39 is 0 Å². The molecule has 4 heteroatoms. The van der Waals surface area contributed by atoms with Crippen molar-refractivity contribution in [3.05, 3.63) is 0 Å². The van der Waals surface area contributed by atoms with Gasteiger partial charge in [0.15, 0.2) is 0 Å². The zero-order chi connectivity index (χ0) is 12.1. The van der Waals surface area contributed by atoms with Gasteiger partial charge in [-0.2, -0.15) is 0 Å². The van der Waals surface area contributed by atoms with Gasteiger partial charge in [0.25, 0.3) is 0 Å². The number of nitrogens with zero attached hydrogens (tertiary/aromatic N) is 2. The van der Waals surface area contributed by atoms with Crippen LogP contribution in [0, 0.1) is 0 Å². The van der Waals surface area contributed by atoms with Gasteiger partial charge < -0.3 is 20.6 Å². The monoisotopic (exact) mass is 241 g/mol. The minimum atomic E-state index is -0.346. The van der Waals surface area contributed by atoms with Crippen LogP contribution in [0.25, 0.3) is 0 Å². The van der Waals surface area contributed by atoms with Gasteiger partial charge in [0.2, 0.25) is 0 Å². The minimum Gasteiger partial charge on any atom is -0.390 e. The largest absolute Gasteiger partial charge is 0.390 e. The van der Waals surface area contributed by atoms with Crippen molar-refractivity contribution in [3.63, 3.8) is 0 Å². The molecule has 0 amide bonds. The Hall–Kier alpha value is -0.160. The van der Waals surface area contributed by atoms with Gasteiger partial charge >= 0.3 is 0 Å². The predicted molar refractivity (Wildman–Crippen MR) is 69.9 cm³/mol. The Morgan fingerprint density at radius 3 is 2.29 bits per heavy atom. The Kier molecular flexibility index (Phi) is 5.22. The molecular weight excluding hydrogens is 214 g/mol. The highest BCUT2D eigenvalue weighted by Gasteiger charge is 2.25. The zero-order valence-corrected chi connectivity index (χ0v) is 10.9. The van der Waals surface area contributed by atoms with Crippen molar-refractivity contribution >= 4 is 0 Å². The Bertz CT molecular complexity index is 211. The molecule has 0 aromatic rings. The minimum absolute atomic E-state index is 0.346. The van der Waals surface area contributed by atoms with Crippen LogP contribution in [-0.4, -0.2) is 66.3 Å². The Labute approximate surface area is 105 Å². The van der Waals surface area contributed by atoms with E-state index in [1.165, 1.54) is 45.2 Å². The van der Waals surface area contributed by atoms with Crippen LogP contribution in [0.2, 0.25) is 0 Å². The Morgan fingerprint density at radius 1 is 1.06 bits per heavy atom. The van der Waals surface area contributed by atoms with Crippen molar-refractivity contribution in [1.82, 2.24) is 9.80 Å². The quantitative estimate of drug-likeness (QED) is 0.741. The summed E-state index contributed by atoms with van der Waals surface area (Å²) in [7, 11) is 0. The van der Waals surface area contributed by atoms with Gasteiger partial charge in [-0.1, -0.05) is 6.42 Å². The molecule has 2 aliphatic rings. The lowest BCUT2D eigenvalue weighted by atomic mass is 10.00. The molecule has 1 atom stereocenters. The molecule has 2 heterocycles. The fourth-order valence-electron chi connectivity index (χ4n) is 3.12. The molecule has 2 saturated heterocycles. The molecule has 4 nitrogen and oxygen atoms in total. The maximum atomic E-state index is 9.55. The number of hydrogen-bond acceptors (Lipinski definition) is 4. The first-order valence-electron chi connectivity index (χ1n) is 7.14. The lowest BCUT2D eigenvalue weighted by molar-refractivity contribution is 0.0629. The molecule has 0 aromatic carbocycles. The third kappa shape index (κ3) is 3.91. The van der Waals surface area contributed by atoms with Crippen LogP contribution in [0.5, 0.6) is 0 Å². The van der Waals surface area contributed by atoms with Gasteiger partial charge in [0.05, 0.1) is 6.10 Å². The average Bonchev–Trinajstić information content (AvgIpc) is 2.40. The standard InChI is InChI=1S/C13H27N3O/c14-10-13(17)11-15-8-4-12(5-9-15)16-6-2-1-3-7-16/h12-13,17H,1-11,14H2/t13-/m1/s1. The van der Waals surface area contributed by atoms with Crippen LogP contribution in [0.3, 0.4) is 0 Å². The van der Waals surface area contributed by atoms with Gasteiger partial charge in [0.1, 0.15) is 0 Å². The van der Waals surface area contributed by atoms with Crippen molar-refractivity contribution in [2.75, 3.05) is 39.3 Å². The van der Waals surface area contributed by atoms with Gasteiger partial charge in [0, 0.05) is 19.1 Å². The molecule has 2 rings (SSSR count). The van der Waals surface area contributed by atoms with Crippen molar-refractivity contribution in [2.24, 2.45) is 5.73 Å². The summed E-state index contributed by atoms with van der Waals surface area (Å²) >= 11 is 0. The Morgan fingerprint density at radius 2 is 1.71 bits per heavy atom. The fraction of sp³-hybridized carbons (Fsp3) is 1.00. The maximum absolute atomic E-state index is 9.55. The number of β-amino-alcohol motifs (C(OH)–C–C–N with tert-alkyl or cyclic N) is 1. The molecule has 0 radical (unpaired) electrons. The highest BCUT2D eigenvalue weighted by molar-refractivity contribution is 4.82. The summed E-state index contributed by atoms with van der Waals surface area (Å²) in [5.74, 6) is 0. The number of aliphatic hydroxyl groups is 1. The molecule has 0 aromatic heterocycles. The summed E-state index contributed by atoms with van der Waals surface area (Å²) in [5.41, 5.74) is 5.45. The van der Waals surface area contributed by atoms with Crippen molar-refractivity contribution < 1.29 is 5.11 Å². The second-order valence-corrected chi connectivity index (χ2v) is 5.52. The zero-order valence-electron chi connectivity index (χ0n) is 10.9. The van der Waals surface area contributed by atoms with Crippen LogP contribution >= 0.6 is 0 Å². The summed E-state index contributed by atoms with van der Waals surface area (Å²) in [6.07, 6.45) is 6.35. The summed E-state index contributed by atoms with van der Waals surface area (Å²) in [6.45, 7) is 5.98. The first-order chi connectivity index (χ1) is 8.29. The average molecular weight is 241 g/mol. The predicted octanol–water partition coefficient (Wildman–Crippen LogP) is 0.256. The van der Waals surface area contributed by atoms with Gasteiger partial charge in [-0.3, -0.25) is 0 Å². The van der Waals surface area contributed by atoms with Crippen molar-refractivity contribution in [1.29, 1.82) is 0 Å². The molecule has 0 unspecified atom stereocenters. The second kappa shape index (κ2) is 6.69. The molecule has 2 aliphatic heterocycles. The van der Waals surface area contributed by atoms with E-state index in [0.717, 1.165) is 25.7 Å². The number of piperidine rings is 2. The smallest absolute Gasteiger partial charge is 0.0789 e. The molecular formula is C13H27N3O. The fourth-order valence-corrected chi connectivity index (χ4v) is 3.12. The molecule has 17 heavy (non-hydrogen) atoms. The first kappa shape index (κ1) is 13.3. The summed E-state index contributed by atoms with van der Waals surface area (Å²) in [4.78, 5) is 5.04. The van der Waals surface area contributed by atoms with E-state index in [1.54, 1.807) is 0 Å². The lowest BCUT2D eigenvalue weighted by Gasteiger charge is -2.40. The van der Waals surface area contributed by atoms with E-state index in [9.17, 15) is 5.11 Å². The lowest BCUT2D eigenvalue weighted by Crippen LogP contribution is -2.48. The van der Waals surface area contributed by atoms with Gasteiger partial charge in [-0.15, -0.1) is 0 Å². The van der Waals surface area contributed by atoms with E-state index in [2.05, 4.69) is 9.80 Å². The molecule has 0 spiro atoms. The van der Waals surface area contributed by atoms with E-state index in [-0.39, 0.29) is 6.10 Å². The molecule has 3 N–H and O–H groups in total. The summed E-state index contributed by atoms with van der Waals surface area (Å²) in [6, 6.07) is 0.793. The molecule has 0 bridgehead atoms. The number of rotatable bonds is 4. The highest BCUT2D eigenvalue weighted by Crippen LogP contribution is 2.20. The maximum Gasteiger partial charge on any atom is 0.0789 e. The third-order valence-electron chi connectivity index (χ3n) is 4.21. The number of likely N-dealkylation sites (tertiary alicyclic amines) is 2. The molecule has 0 aliphatic carbocycles. The number of nitrogens with two attached hydrogens (primary N) is 1. The van der Waals surface area contributed by atoms with Crippen LogP contribution in [0.4, 0.5) is 0 Å². The van der Waals surface area contributed by atoms with E-state index in [0.29, 0.717) is 6.54 Å². The summed E-state index contributed by atoms with van der Waals surface area (Å²) < 4.78 is 0. The normalized spacial score (nSPS) is 27.2. The Balaban J connectivity index is 1.70. The second-order valence-electron chi connectivity index (χ2n) is 5.52. The molecule has 0 saturated carbocycles. The SMILES string of the molecule is NC[C@@H](O)CN1CCC(N2CCCCC2)CC1. The van der Waals surface area contributed by atoms with E-state index in [1.807, 2.05) is 0 Å². The van der Waals surface area contributed by atoms with Gasteiger partial charge in [-0.05, 0) is 51.9 Å². The van der Waals surface area contributed by atoms with Crippen molar-refractivity contribution in [2.45, 2.75) is 44.2 Å². The van der Waals surface area contributed by atoms with E-state index >= 15 is 0 Å². The molecule has 2 fully saturated rings. The number of hydrogen-bond donors (Lipinski definition) is 2. The molecule has 100 valence electrons.